The Morgan fingerprint density at radius 1 is 1.20 bits per heavy atom. The molecule has 0 amide bonds. The second-order valence-electron chi connectivity index (χ2n) is 3.04. The quantitative estimate of drug-likeness (QED) is 0.791. The first kappa shape index (κ1) is 9.39. The molecule has 0 atom stereocenters. The van der Waals surface area contributed by atoms with Crippen molar-refractivity contribution in [3.63, 3.8) is 0 Å². The van der Waals surface area contributed by atoms with Crippen LogP contribution in [0, 0.1) is 0 Å². The minimum Gasteiger partial charge on any atom is -0.469 e. The van der Waals surface area contributed by atoms with Gasteiger partial charge in [0.2, 0.25) is 5.88 Å². The second kappa shape index (κ2) is 3.91. The molecule has 1 aromatic carbocycles. The molecule has 1 heterocycles. The lowest BCUT2D eigenvalue weighted by molar-refractivity contribution is 0.272. The Kier molecular flexibility index (Phi) is 2.45. The highest BCUT2D eigenvalue weighted by molar-refractivity contribution is 5.62. The maximum Gasteiger partial charge on any atom is 0.280 e. The van der Waals surface area contributed by atoms with Crippen molar-refractivity contribution in [1.82, 2.24) is 5.16 Å². The van der Waals surface area contributed by atoms with Crippen molar-refractivity contribution in [2.45, 2.75) is 6.61 Å². The Bertz CT molecular complexity index is 439. The number of benzene rings is 1. The Morgan fingerprint density at radius 3 is 2.53 bits per heavy atom. The zero-order chi connectivity index (χ0) is 10.7. The van der Waals surface area contributed by atoms with Gasteiger partial charge in [-0.1, -0.05) is 30.3 Å². The second-order valence-corrected chi connectivity index (χ2v) is 3.04. The number of hydrogen-bond donors (Lipinski definition) is 2. The first-order valence-electron chi connectivity index (χ1n) is 4.44. The smallest absolute Gasteiger partial charge is 0.280 e. The Labute approximate surface area is 86.6 Å². The molecule has 0 saturated carbocycles. The molecule has 0 radical (unpaired) electrons. The average Bonchev–Trinajstić information content (AvgIpc) is 2.59. The zero-order valence-corrected chi connectivity index (χ0v) is 8.01. The number of anilines is 2. The number of nitrogens with zero attached hydrogens (tertiary/aromatic N) is 1. The SMILES string of the molecule is Nc1onc(OCc2ccccc2)c1N. The summed E-state index contributed by atoms with van der Waals surface area (Å²) in [5, 5.41) is 3.58. The van der Waals surface area contributed by atoms with Gasteiger partial charge in [-0.15, -0.1) is 0 Å². The largest absolute Gasteiger partial charge is 0.469 e. The molecule has 78 valence electrons. The topological polar surface area (TPSA) is 87.3 Å². The first-order valence-corrected chi connectivity index (χ1v) is 4.44. The number of nitrogen functional groups attached to an aromatic ring is 2. The van der Waals surface area contributed by atoms with Gasteiger partial charge in [-0.3, -0.25) is 0 Å². The normalized spacial score (nSPS) is 10.1. The Morgan fingerprint density at radius 2 is 1.93 bits per heavy atom. The lowest BCUT2D eigenvalue weighted by Gasteiger charge is -2.02. The van der Waals surface area contributed by atoms with Gasteiger partial charge in [0.25, 0.3) is 5.88 Å². The number of ether oxygens (including phenoxy) is 1. The number of rotatable bonds is 3. The summed E-state index contributed by atoms with van der Waals surface area (Å²) in [6.07, 6.45) is 0. The molecule has 0 spiro atoms. The van der Waals surface area contributed by atoms with E-state index in [2.05, 4.69) is 9.68 Å². The minimum absolute atomic E-state index is 0.0815. The standard InChI is InChI=1S/C10H11N3O2/c11-8-9(12)15-13-10(8)14-6-7-4-2-1-3-5-7/h1-5H,6,11-12H2. The molecule has 0 bridgehead atoms. The average molecular weight is 205 g/mol. The summed E-state index contributed by atoms with van der Waals surface area (Å²) in [7, 11) is 0. The van der Waals surface area contributed by atoms with E-state index >= 15 is 0 Å². The maximum atomic E-state index is 5.56. The predicted molar refractivity (Wildman–Crippen MR) is 56.1 cm³/mol. The van der Waals surface area contributed by atoms with Gasteiger partial charge in [0.05, 0.1) is 0 Å². The summed E-state index contributed by atoms with van der Waals surface area (Å²) in [5.41, 5.74) is 12.2. The zero-order valence-electron chi connectivity index (χ0n) is 8.01. The van der Waals surface area contributed by atoms with Crippen LogP contribution < -0.4 is 16.2 Å². The van der Waals surface area contributed by atoms with Crippen molar-refractivity contribution in [3.8, 4) is 5.88 Å². The fraction of sp³-hybridized carbons (Fsp3) is 0.100. The van der Waals surface area contributed by atoms with Gasteiger partial charge in [0, 0.05) is 0 Å². The van der Waals surface area contributed by atoms with Crippen LogP contribution in [0.1, 0.15) is 5.56 Å². The molecule has 5 nitrogen and oxygen atoms in total. The summed E-state index contributed by atoms with van der Waals surface area (Å²) < 4.78 is 10.00. The Balaban J connectivity index is 2.02. The fourth-order valence-corrected chi connectivity index (χ4v) is 1.12. The van der Waals surface area contributed by atoms with Crippen molar-refractivity contribution in [1.29, 1.82) is 0 Å². The van der Waals surface area contributed by atoms with E-state index < -0.39 is 0 Å². The number of hydrogen-bond acceptors (Lipinski definition) is 5. The van der Waals surface area contributed by atoms with E-state index in [9.17, 15) is 0 Å². The van der Waals surface area contributed by atoms with Crippen LogP contribution in [0.15, 0.2) is 34.9 Å². The van der Waals surface area contributed by atoms with E-state index in [-0.39, 0.29) is 17.5 Å². The molecule has 2 aromatic rings. The molecular formula is C10H11N3O2. The molecular weight excluding hydrogens is 194 g/mol. The molecule has 0 saturated heterocycles. The van der Waals surface area contributed by atoms with Gasteiger partial charge in [-0.25, -0.2) is 0 Å². The van der Waals surface area contributed by atoms with Crippen LogP contribution in [-0.2, 0) is 6.61 Å². The van der Waals surface area contributed by atoms with Crippen molar-refractivity contribution in [2.75, 3.05) is 11.5 Å². The lowest BCUT2D eigenvalue weighted by Crippen LogP contribution is -1.98. The molecule has 0 aliphatic heterocycles. The number of aromatic nitrogens is 1. The van der Waals surface area contributed by atoms with Gasteiger partial charge in [-0.2, -0.15) is 0 Å². The van der Waals surface area contributed by atoms with Crippen molar-refractivity contribution in [3.05, 3.63) is 35.9 Å². The fourth-order valence-electron chi connectivity index (χ4n) is 1.12. The predicted octanol–water partition coefficient (Wildman–Crippen LogP) is 1.42. The van der Waals surface area contributed by atoms with Crippen LogP contribution in [0.3, 0.4) is 0 Å². The molecule has 2 rings (SSSR count). The molecule has 1 aromatic heterocycles. The van der Waals surface area contributed by atoms with Crippen molar-refractivity contribution in [2.24, 2.45) is 0 Å². The molecule has 0 unspecified atom stereocenters. The van der Waals surface area contributed by atoms with Crippen LogP contribution in [0.5, 0.6) is 5.88 Å². The van der Waals surface area contributed by atoms with Gasteiger partial charge < -0.3 is 20.7 Å². The highest BCUT2D eigenvalue weighted by Gasteiger charge is 2.10. The molecule has 15 heavy (non-hydrogen) atoms. The van der Waals surface area contributed by atoms with E-state index in [1.165, 1.54) is 0 Å². The van der Waals surface area contributed by atoms with Crippen LogP contribution in [-0.4, -0.2) is 5.16 Å². The molecule has 4 N–H and O–H groups in total. The third-order valence-electron chi connectivity index (χ3n) is 1.94. The highest BCUT2D eigenvalue weighted by Crippen LogP contribution is 2.26. The monoisotopic (exact) mass is 205 g/mol. The summed E-state index contributed by atoms with van der Waals surface area (Å²) in [4.78, 5) is 0. The highest BCUT2D eigenvalue weighted by atomic mass is 16.5. The summed E-state index contributed by atoms with van der Waals surface area (Å²) in [5.74, 6) is 0.314. The van der Waals surface area contributed by atoms with Gasteiger partial charge in [-0.05, 0) is 10.7 Å². The summed E-state index contributed by atoms with van der Waals surface area (Å²) >= 11 is 0. The third-order valence-corrected chi connectivity index (χ3v) is 1.94. The van der Waals surface area contributed by atoms with Gasteiger partial charge in [0.15, 0.2) is 5.69 Å². The summed E-state index contributed by atoms with van der Waals surface area (Å²) in [6.45, 7) is 0.386. The molecule has 5 heteroatoms. The third kappa shape index (κ3) is 2.01. The van der Waals surface area contributed by atoms with E-state index in [1.807, 2.05) is 30.3 Å². The van der Waals surface area contributed by atoms with Gasteiger partial charge >= 0.3 is 0 Å². The van der Waals surface area contributed by atoms with E-state index in [4.69, 9.17) is 16.2 Å². The maximum absolute atomic E-state index is 5.56. The molecule has 0 aliphatic rings. The van der Waals surface area contributed by atoms with E-state index in [0.29, 0.717) is 6.61 Å². The van der Waals surface area contributed by atoms with E-state index in [0.717, 1.165) is 5.56 Å². The van der Waals surface area contributed by atoms with Crippen molar-refractivity contribution >= 4 is 11.6 Å². The molecule has 0 fully saturated rings. The van der Waals surface area contributed by atoms with Crippen LogP contribution in [0.25, 0.3) is 0 Å². The molecule has 0 aliphatic carbocycles. The van der Waals surface area contributed by atoms with Crippen LogP contribution >= 0.6 is 0 Å². The van der Waals surface area contributed by atoms with Crippen LogP contribution in [0.2, 0.25) is 0 Å². The van der Waals surface area contributed by atoms with Crippen molar-refractivity contribution < 1.29 is 9.26 Å². The minimum atomic E-state index is 0.0815. The number of nitrogens with two attached hydrogens (primary N) is 2. The van der Waals surface area contributed by atoms with E-state index in [1.54, 1.807) is 0 Å². The van der Waals surface area contributed by atoms with Crippen LogP contribution in [0.4, 0.5) is 11.6 Å². The summed E-state index contributed by atoms with van der Waals surface area (Å²) in [6, 6.07) is 9.68. The van der Waals surface area contributed by atoms with Gasteiger partial charge in [0.1, 0.15) is 6.61 Å². The first-order chi connectivity index (χ1) is 7.27. The lowest BCUT2D eigenvalue weighted by atomic mass is 10.2. The Hall–Kier alpha value is -2.17.